The molecular weight excluding hydrogens is 252 g/mol. The van der Waals surface area contributed by atoms with E-state index >= 15 is 0 Å². The molecule has 15 heavy (non-hydrogen) atoms. The fourth-order valence-electron chi connectivity index (χ4n) is 1.20. The van der Waals surface area contributed by atoms with Crippen LogP contribution in [0, 0.1) is 5.92 Å². The monoisotopic (exact) mass is 260 g/mol. The van der Waals surface area contributed by atoms with Gasteiger partial charge in [-0.15, -0.1) is 24.8 Å². The van der Waals surface area contributed by atoms with Gasteiger partial charge in [-0.1, -0.05) is 24.1 Å². The van der Waals surface area contributed by atoms with Crippen molar-refractivity contribution >= 4 is 23.2 Å². The lowest BCUT2D eigenvalue weighted by Gasteiger charge is -2.25. The van der Waals surface area contributed by atoms with Gasteiger partial charge in [-0.25, -0.2) is 0 Å². The minimum Gasteiger partial charge on any atom is -0.404 e. The molecule has 0 heterocycles. The smallest absolute Gasteiger partial charge is 0.404 e. The van der Waals surface area contributed by atoms with Crippen molar-refractivity contribution in [3.63, 3.8) is 0 Å². The molecule has 6 heteroatoms. The minimum atomic E-state index is -4.75. The number of alkyl halides is 4. The molecule has 86 valence electrons. The number of hydrogen-bond donors (Lipinski definition) is 0. The zero-order valence-corrected chi connectivity index (χ0v) is 9.54. The van der Waals surface area contributed by atoms with Gasteiger partial charge < -0.3 is 4.74 Å². The summed E-state index contributed by atoms with van der Waals surface area (Å²) in [7, 11) is 0. The van der Waals surface area contributed by atoms with Crippen molar-refractivity contribution in [2.24, 2.45) is 5.92 Å². The SMILES string of the molecule is CC1=CC(OC(F)(F)F)=C(Cl)C(Cl)C1C. The molecule has 1 aliphatic carbocycles. The van der Waals surface area contributed by atoms with E-state index in [9.17, 15) is 13.2 Å². The zero-order chi connectivity index (χ0) is 11.8. The van der Waals surface area contributed by atoms with Gasteiger partial charge in [0.05, 0.1) is 10.4 Å². The largest absolute Gasteiger partial charge is 0.573 e. The predicted octanol–water partition coefficient (Wildman–Crippen LogP) is 4.18. The first kappa shape index (κ1) is 12.7. The highest BCUT2D eigenvalue weighted by atomic mass is 35.5. The molecule has 0 fully saturated rings. The molecule has 1 aliphatic rings. The van der Waals surface area contributed by atoms with E-state index in [1.807, 2.05) is 0 Å². The maximum Gasteiger partial charge on any atom is 0.573 e. The van der Waals surface area contributed by atoms with Gasteiger partial charge in [0.15, 0.2) is 0 Å². The van der Waals surface area contributed by atoms with Crippen molar-refractivity contribution in [3.05, 3.63) is 22.4 Å². The molecule has 0 aromatic rings. The molecule has 1 nitrogen and oxygen atoms in total. The molecule has 1 rings (SSSR count). The number of rotatable bonds is 1. The molecule has 0 bridgehead atoms. The number of allylic oxidation sites excluding steroid dienone is 3. The van der Waals surface area contributed by atoms with Crippen LogP contribution in [0.3, 0.4) is 0 Å². The van der Waals surface area contributed by atoms with E-state index in [0.29, 0.717) is 5.57 Å². The van der Waals surface area contributed by atoms with Crippen molar-refractivity contribution < 1.29 is 17.9 Å². The van der Waals surface area contributed by atoms with Gasteiger partial charge in [0, 0.05) is 0 Å². The summed E-state index contributed by atoms with van der Waals surface area (Å²) in [6.07, 6.45) is -3.48. The summed E-state index contributed by atoms with van der Waals surface area (Å²) in [4.78, 5) is 0. The van der Waals surface area contributed by atoms with E-state index in [1.165, 1.54) is 6.08 Å². The number of ether oxygens (including phenoxy) is 1. The second-order valence-electron chi connectivity index (χ2n) is 3.34. The number of hydrogen-bond acceptors (Lipinski definition) is 1. The van der Waals surface area contributed by atoms with Crippen LogP contribution in [0.1, 0.15) is 13.8 Å². The summed E-state index contributed by atoms with van der Waals surface area (Å²) in [5.41, 5.74) is 0.707. The maximum absolute atomic E-state index is 12.0. The first-order valence-corrected chi connectivity index (χ1v) is 5.01. The van der Waals surface area contributed by atoms with Crippen LogP contribution in [-0.2, 0) is 4.74 Å². The Morgan fingerprint density at radius 1 is 1.40 bits per heavy atom. The summed E-state index contributed by atoms with van der Waals surface area (Å²) < 4.78 is 39.7. The lowest BCUT2D eigenvalue weighted by Crippen LogP contribution is -2.22. The molecule has 0 spiro atoms. The highest BCUT2D eigenvalue weighted by Crippen LogP contribution is 2.37. The molecule has 2 unspecified atom stereocenters. The Balaban J connectivity index is 2.98. The molecule has 0 radical (unpaired) electrons. The minimum absolute atomic E-state index is 0.0975. The van der Waals surface area contributed by atoms with Crippen LogP contribution in [-0.4, -0.2) is 11.7 Å². The summed E-state index contributed by atoms with van der Waals surface area (Å²) in [5, 5.41) is -0.777. The van der Waals surface area contributed by atoms with E-state index in [1.54, 1.807) is 13.8 Å². The Hall–Kier alpha value is -0.350. The van der Waals surface area contributed by atoms with Crippen LogP contribution in [0.2, 0.25) is 0 Å². The average Bonchev–Trinajstić information content (AvgIpc) is 2.08. The van der Waals surface area contributed by atoms with Crippen molar-refractivity contribution in [3.8, 4) is 0 Å². The van der Waals surface area contributed by atoms with Gasteiger partial charge in [0.1, 0.15) is 5.76 Å². The third-order valence-electron chi connectivity index (χ3n) is 2.22. The van der Waals surface area contributed by atoms with Crippen molar-refractivity contribution in [2.75, 3.05) is 0 Å². The lowest BCUT2D eigenvalue weighted by atomic mass is 9.93. The fourth-order valence-corrected chi connectivity index (χ4v) is 1.78. The van der Waals surface area contributed by atoms with Gasteiger partial charge in [-0.3, -0.25) is 0 Å². The Morgan fingerprint density at radius 3 is 2.40 bits per heavy atom. The molecule has 2 atom stereocenters. The van der Waals surface area contributed by atoms with E-state index in [2.05, 4.69) is 4.74 Å². The Labute approximate surface area is 95.5 Å². The average molecular weight is 261 g/mol. The van der Waals surface area contributed by atoms with E-state index < -0.39 is 17.5 Å². The molecule has 0 N–H and O–H groups in total. The van der Waals surface area contributed by atoms with Crippen LogP contribution in [0.5, 0.6) is 0 Å². The Morgan fingerprint density at radius 2 is 1.93 bits per heavy atom. The van der Waals surface area contributed by atoms with Crippen LogP contribution in [0.15, 0.2) is 22.4 Å². The van der Waals surface area contributed by atoms with Crippen molar-refractivity contribution in [2.45, 2.75) is 25.6 Å². The van der Waals surface area contributed by atoms with Gasteiger partial charge >= 0.3 is 6.36 Å². The molecule has 0 saturated heterocycles. The highest BCUT2D eigenvalue weighted by Gasteiger charge is 2.36. The van der Waals surface area contributed by atoms with Gasteiger partial charge in [0.25, 0.3) is 0 Å². The van der Waals surface area contributed by atoms with Crippen LogP contribution >= 0.6 is 23.2 Å². The third-order valence-corrected chi connectivity index (χ3v) is 3.35. The molecule has 0 aromatic carbocycles. The predicted molar refractivity (Wildman–Crippen MR) is 52.6 cm³/mol. The van der Waals surface area contributed by atoms with Crippen molar-refractivity contribution in [1.82, 2.24) is 0 Å². The molecule has 0 aromatic heterocycles. The first-order chi connectivity index (χ1) is 6.72. The molecule has 0 saturated carbocycles. The van der Waals surface area contributed by atoms with Gasteiger partial charge in [0.2, 0.25) is 0 Å². The topological polar surface area (TPSA) is 9.23 Å². The Kier molecular flexibility index (Phi) is 3.61. The van der Waals surface area contributed by atoms with E-state index in [-0.39, 0.29) is 11.0 Å². The van der Waals surface area contributed by atoms with Crippen LogP contribution in [0.25, 0.3) is 0 Å². The summed E-state index contributed by atoms with van der Waals surface area (Å²) >= 11 is 11.5. The standard InChI is InChI=1S/C9H9Cl2F3O/c1-4-3-6(15-9(12,13)14)8(11)7(10)5(4)2/h3,5,7H,1-2H3. The first-order valence-electron chi connectivity index (χ1n) is 4.20. The molecular formula is C9H9Cl2F3O. The van der Waals surface area contributed by atoms with Crippen molar-refractivity contribution in [1.29, 1.82) is 0 Å². The van der Waals surface area contributed by atoms with E-state index in [4.69, 9.17) is 23.2 Å². The fraction of sp³-hybridized carbons (Fsp3) is 0.556. The molecule has 0 amide bonds. The lowest BCUT2D eigenvalue weighted by molar-refractivity contribution is -0.303. The van der Waals surface area contributed by atoms with Crippen LogP contribution in [0.4, 0.5) is 13.2 Å². The summed E-state index contributed by atoms with van der Waals surface area (Å²) in [5.74, 6) is -0.514. The highest BCUT2D eigenvalue weighted by molar-refractivity contribution is 6.38. The van der Waals surface area contributed by atoms with Gasteiger partial charge in [-0.2, -0.15) is 0 Å². The maximum atomic E-state index is 12.0. The Bertz CT molecular complexity index is 320. The van der Waals surface area contributed by atoms with Crippen LogP contribution < -0.4 is 0 Å². The quantitative estimate of drug-likeness (QED) is 0.643. The second kappa shape index (κ2) is 4.26. The summed E-state index contributed by atoms with van der Waals surface area (Å²) in [6.45, 7) is 3.47. The van der Waals surface area contributed by atoms with E-state index in [0.717, 1.165) is 0 Å². The number of halogens is 5. The third kappa shape index (κ3) is 3.05. The molecule has 0 aliphatic heterocycles. The zero-order valence-electron chi connectivity index (χ0n) is 8.03. The normalized spacial score (nSPS) is 27.8. The second-order valence-corrected chi connectivity index (χ2v) is 4.22. The van der Waals surface area contributed by atoms with Gasteiger partial charge in [-0.05, 0) is 18.9 Å². The summed E-state index contributed by atoms with van der Waals surface area (Å²) in [6, 6.07) is 0.